The van der Waals surface area contributed by atoms with E-state index >= 15 is 4.39 Å². The molecule has 0 spiro atoms. The normalized spacial score (nSPS) is 17.6. The van der Waals surface area contributed by atoms with Gasteiger partial charge in [0.05, 0.1) is 24.3 Å². The zero-order valence-electron chi connectivity index (χ0n) is 22.2. The van der Waals surface area contributed by atoms with Gasteiger partial charge in [0.1, 0.15) is 0 Å². The van der Waals surface area contributed by atoms with Crippen molar-refractivity contribution in [2.45, 2.75) is 32.5 Å². The Hall–Kier alpha value is -3.83. The first kappa shape index (κ1) is 27.7. The molecule has 0 radical (unpaired) electrons. The SMILES string of the molecule is Cc1c(C(=O)O)cc(-c2cc(F)c(OC(F)F)cc2C(=O)N2Cc3ccccc3C[C@H]2CN2CCOCC2)n1C. The molecule has 0 aliphatic carbocycles. The lowest BCUT2D eigenvalue weighted by Crippen LogP contribution is -2.52. The lowest BCUT2D eigenvalue weighted by Gasteiger charge is -2.40. The minimum absolute atomic E-state index is 0.0127. The number of carbonyl (C=O) groups excluding carboxylic acids is 1. The summed E-state index contributed by atoms with van der Waals surface area (Å²) in [7, 11) is 1.60. The summed E-state index contributed by atoms with van der Waals surface area (Å²) in [6.45, 7) is 1.77. The van der Waals surface area contributed by atoms with Crippen LogP contribution in [0.1, 0.15) is 37.5 Å². The molecule has 40 heavy (non-hydrogen) atoms. The minimum Gasteiger partial charge on any atom is -0.478 e. The molecule has 1 fully saturated rings. The molecule has 1 aromatic heterocycles. The number of carboxylic acids is 1. The Labute approximate surface area is 229 Å². The summed E-state index contributed by atoms with van der Waals surface area (Å²) >= 11 is 0. The second-order valence-electron chi connectivity index (χ2n) is 10.1. The molecule has 5 rings (SSSR count). The summed E-state index contributed by atoms with van der Waals surface area (Å²) in [5.74, 6) is -3.51. The maximum Gasteiger partial charge on any atom is 0.387 e. The predicted molar refractivity (Wildman–Crippen MR) is 140 cm³/mol. The van der Waals surface area contributed by atoms with Gasteiger partial charge in [-0.15, -0.1) is 0 Å². The Morgan fingerprint density at radius 3 is 2.45 bits per heavy atom. The van der Waals surface area contributed by atoms with Gasteiger partial charge in [-0.05, 0) is 42.7 Å². The maximum absolute atomic E-state index is 15.0. The number of aromatic nitrogens is 1. The Kier molecular flexibility index (Phi) is 7.86. The first-order chi connectivity index (χ1) is 19.1. The van der Waals surface area contributed by atoms with Crippen LogP contribution in [0.3, 0.4) is 0 Å². The number of hydrogen-bond donors (Lipinski definition) is 1. The van der Waals surface area contributed by atoms with Crippen LogP contribution in [0.5, 0.6) is 5.75 Å². The number of carboxylic acid groups (broad SMARTS) is 1. The quantitative estimate of drug-likeness (QED) is 0.466. The number of amides is 1. The van der Waals surface area contributed by atoms with Crippen molar-refractivity contribution in [1.82, 2.24) is 14.4 Å². The predicted octanol–water partition coefficient (Wildman–Crippen LogP) is 4.34. The van der Waals surface area contributed by atoms with Crippen molar-refractivity contribution < 1.29 is 37.3 Å². The number of hydrogen-bond acceptors (Lipinski definition) is 5. The van der Waals surface area contributed by atoms with Gasteiger partial charge in [0, 0.05) is 56.2 Å². The van der Waals surface area contributed by atoms with Crippen LogP contribution in [0.25, 0.3) is 11.3 Å². The van der Waals surface area contributed by atoms with Crippen molar-refractivity contribution in [3.05, 3.63) is 76.2 Å². The number of aromatic carboxylic acids is 1. The molecule has 8 nitrogen and oxygen atoms in total. The molecule has 3 aromatic rings. The maximum atomic E-state index is 15.0. The van der Waals surface area contributed by atoms with Crippen LogP contribution in [0.15, 0.2) is 42.5 Å². The molecule has 1 amide bonds. The molecule has 0 saturated carbocycles. The van der Waals surface area contributed by atoms with Gasteiger partial charge >= 0.3 is 12.6 Å². The van der Waals surface area contributed by atoms with Crippen LogP contribution in [0, 0.1) is 12.7 Å². The Morgan fingerprint density at radius 2 is 1.80 bits per heavy atom. The first-order valence-electron chi connectivity index (χ1n) is 13.0. The summed E-state index contributed by atoms with van der Waals surface area (Å²) in [6, 6.07) is 10.9. The molecule has 0 bridgehead atoms. The topological polar surface area (TPSA) is 84.2 Å². The molecule has 1 N–H and O–H groups in total. The van der Waals surface area contributed by atoms with Gasteiger partial charge in [-0.3, -0.25) is 9.69 Å². The fourth-order valence-electron chi connectivity index (χ4n) is 5.53. The lowest BCUT2D eigenvalue weighted by atomic mass is 9.92. The highest BCUT2D eigenvalue weighted by atomic mass is 19.3. The van der Waals surface area contributed by atoms with Gasteiger partial charge in [0.2, 0.25) is 0 Å². The molecule has 2 aliphatic rings. The number of nitrogens with zero attached hydrogens (tertiary/aromatic N) is 3. The monoisotopic (exact) mass is 557 g/mol. The third-order valence-corrected chi connectivity index (χ3v) is 7.75. The highest BCUT2D eigenvalue weighted by Crippen LogP contribution is 2.35. The van der Waals surface area contributed by atoms with Crippen LogP contribution in [-0.4, -0.2) is 76.9 Å². The number of morpholine rings is 1. The van der Waals surface area contributed by atoms with Crippen LogP contribution in [0.4, 0.5) is 13.2 Å². The van der Waals surface area contributed by atoms with Crippen molar-refractivity contribution in [3.8, 4) is 17.0 Å². The van der Waals surface area contributed by atoms with Crippen LogP contribution in [0.2, 0.25) is 0 Å². The molecule has 2 aliphatic heterocycles. The molecule has 1 saturated heterocycles. The Bertz CT molecular complexity index is 1430. The molecular weight excluding hydrogens is 527 g/mol. The van der Waals surface area contributed by atoms with Gasteiger partial charge < -0.3 is 24.0 Å². The van der Waals surface area contributed by atoms with Crippen molar-refractivity contribution in [3.63, 3.8) is 0 Å². The molecular formula is C29H30F3N3O5. The number of rotatable bonds is 7. The van der Waals surface area contributed by atoms with Crippen molar-refractivity contribution in [1.29, 1.82) is 0 Å². The second kappa shape index (κ2) is 11.3. The van der Waals surface area contributed by atoms with E-state index in [4.69, 9.17) is 4.74 Å². The van der Waals surface area contributed by atoms with Gasteiger partial charge in [0.25, 0.3) is 5.91 Å². The van der Waals surface area contributed by atoms with Gasteiger partial charge in [-0.2, -0.15) is 8.78 Å². The van der Waals surface area contributed by atoms with E-state index in [1.165, 1.54) is 6.07 Å². The van der Waals surface area contributed by atoms with Crippen molar-refractivity contribution in [2.75, 3.05) is 32.8 Å². The zero-order valence-corrected chi connectivity index (χ0v) is 22.2. The first-order valence-corrected chi connectivity index (χ1v) is 13.0. The number of carbonyl (C=O) groups is 2. The van der Waals surface area contributed by atoms with Crippen LogP contribution >= 0.6 is 0 Å². The van der Waals surface area contributed by atoms with Crippen LogP contribution in [-0.2, 0) is 24.8 Å². The van der Waals surface area contributed by atoms with E-state index in [9.17, 15) is 23.5 Å². The van der Waals surface area contributed by atoms with E-state index in [2.05, 4.69) is 9.64 Å². The fraction of sp³-hybridized carbons (Fsp3) is 0.379. The molecule has 3 heterocycles. The largest absolute Gasteiger partial charge is 0.478 e. The Balaban J connectivity index is 1.61. The summed E-state index contributed by atoms with van der Waals surface area (Å²) in [4.78, 5) is 30.0. The third-order valence-electron chi connectivity index (χ3n) is 7.75. The third kappa shape index (κ3) is 5.44. The van der Waals surface area contributed by atoms with Gasteiger partial charge in [-0.25, -0.2) is 9.18 Å². The van der Waals surface area contributed by atoms with Crippen molar-refractivity contribution >= 4 is 11.9 Å². The fourth-order valence-corrected chi connectivity index (χ4v) is 5.53. The van der Waals surface area contributed by atoms with E-state index in [1.54, 1.807) is 23.4 Å². The van der Waals surface area contributed by atoms with E-state index in [-0.39, 0.29) is 35.0 Å². The minimum atomic E-state index is -3.30. The highest BCUT2D eigenvalue weighted by Gasteiger charge is 2.34. The number of fused-ring (bicyclic) bond motifs is 1. The number of alkyl halides is 2. The van der Waals surface area contributed by atoms with E-state index in [0.717, 1.165) is 36.3 Å². The average Bonchev–Trinajstić information content (AvgIpc) is 3.23. The Morgan fingerprint density at radius 1 is 1.10 bits per heavy atom. The van der Waals surface area contributed by atoms with Gasteiger partial charge in [0.15, 0.2) is 11.6 Å². The second-order valence-corrected chi connectivity index (χ2v) is 10.1. The molecule has 1 atom stereocenters. The molecule has 11 heteroatoms. The summed E-state index contributed by atoms with van der Waals surface area (Å²) < 4.78 is 52.7. The average molecular weight is 558 g/mol. The summed E-state index contributed by atoms with van der Waals surface area (Å²) in [6.07, 6.45) is 0.586. The smallest absolute Gasteiger partial charge is 0.387 e. The summed E-state index contributed by atoms with van der Waals surface area (Å²) in [5, 5.41) is 9.63. The van der Waals surface area contributed by atoms with Gasteiger partial charge in [-0.1, -0.05) is 24.3 Å². The molecule has 212 valence electrons. The van der Waals surface area contributed by atoms with Crippen LogP contribution < -0.4 is 4.74 Å². The summed E-state index contributed by atoms with van der Waals surface area (Å²) in [5.41, 5.74) is 2.77. The zero-order chi connectivity index (χ0) is 28.6. The van der Waals surface area contributed by atoms with E-state index in [1.807, 2.05) is 24.3 Å². The van der Waals surface area contributed by atoms with E-state index < -0.39 is 30.1 Å². The van der Waals surface area contributed by atoms with E-state index in [0.29, 0.717) is 31.9 Å². The molecule has 2 aromatic carbocycles. The standard InChI is InChI=1S/C29H30F3N3O5/c1-17-21(28(37)38)13-25(33(17)2)22-12-24(30)26(40-29(31)32)14-23(22)27(36)35-15-19-6-4-3-5-18(19)11-20(35)16-34-7-9-39-10-8-34/h3-6,12-14,20,29H,7-11,15-16H2,1-2H3,(H,37,38)/t20-/m0/s1. The lowest BCUT2D eigenvalue weighted by molar-refractivity contribution is -0.0522. The number of ether oxygens (including phenoxy) is 2. The number of benzene rings is 2. The highest BCUT2D eigenvalue weighted by molar-refractivity contribution is 6.02. The molecule has 0 unspecified atom stereocenters. The number of halogens is 3. The van der Waals surface area contributed by atoms with Crippen molar-refractivity contribution in [2.24, 2.45) is 7.05 Å².